The monoisotopic (exact) mass is 302 g/mol. The van der Waals surface area contributed by atoms with E-state index in [-0.39, 0.29) is 18.5 Å². The molecule has 0 unspecified atom stereocenters. The summed E-state index contributed by atoms with van der Waals surface area (Å²) < 4.78 is 12.9. The molecule has 22 heavy (non-hydrogen) atoms. The lowest BCUT2D eigenvalue weighted by atomic mass is 10.1. The van der Waals surface area contributed by atoms with Gasteiger partial charge in [-0.25, -0.2) is 9.18 Å². The van der Waals surface area contributed by atoms with Gasteiger partial charge in [0.15, 0.2) is 0 Å². The fraction of sp³-hybridized carbons (Fsp3) is 0.235. The number of rotatable bonds is 5. The lowest BCUT2D eigenvalue weighted by molar-refractivity contribution is 0.247. The van der Waals surface area contributed by atoms with Gasteiger partial charge in [-0.15, -0.1) is 0 Å². The first kappa shape index (κ1) is 16.0. The van der Waals surface area contributed by atoms with Gasteiger partial charge in [-0.1, -0.05) is 24.3 Å². The fourth-order valence-electron chi connectivity index (χ4n) is 2.03. The normalized spacial score (nSPS) is 10.3. The Labute approximate surface area is 129 Å². The second kappa shape index (κ2) is 7.56. The van der Waals surface area contributed by atoms with Crippen LogP contribution in [-0.4, -0.2) is 24.7 Å². The van der Waals surface area contributed by atoms with Gasteiger partial charge in [0, 0.05) is 19.3 Å². The van der Waals surface area contributed by atoms with Gasteiger partial charge in [-0.05, 0) is 41.8 Å². The summed E-state index contributed by atoms with van der Waals surface area (Å²) >= 11 is 0. The molecule has 0 saturated heterocycles. The molecule has 0 aliphatic heterocycles. The second-order valence-corrected chi connectivity index (χ2v) is 4.99. The van der Waals surface area contributed by atoms with Gasteiger partial charge >= 0.3 is 6.03 Å². The summed E-state index contributed by atoms with van der Waals surface area (Å²) in [5, 5.41) is 11.8. The minimum absolute atomic E-state index is 0.0273. The van der Waals surface area contributed by atoms with Crippen molar-refractivity contribution in [3.63, 3.8) is 0 Å². The van der Waals surface area contributed by atoms with E-state index in [4.69, 9.17) is 5.11 Å². The zero-order chi connectivity index (χ0) is 15.9. The highest BCUT2D eigenvalue weighted by Gasteiger charge is 2.09. The summed E-state index contributed by atoms with van der Waals surface area (Å²) in [5.41, 5.74) is 2.58. The van der Waals surface area contributed by atoms with Crippen molar-refractivity contribution in [2.75, 3.05) is 18.5 Å². The van der Waals surface area contributed by atoms with Crippen molar-refractivity contribution >= 4 is 11.7 Å². The maximum atomic E-state index is 12.9. The fourth-order valence-corrected chi connectivity index (χ4v) is 2.03. The van der Waals surface area contributed by atoms with Crippen molar-refractivity contribution in [1.82, 2.24) is 5.32 Å². The molecule has 2 aromatic rings. The van der Waals surface area contributed by atoms with Crippen LogP contribution in [0.5, 0.6) is 0 Å². The minimum Gasteiger partial charge on any atom is -0.392 e. The molecule has 2 rings (SSSR count). The highest BCUT2D eigenvalue weighted by molar-refractivity contribution is 5.91. The number of hydrogen-bond donors (Lipinski definition) is 2. The van der Waals surface area contributed by atoms with E-state index in [1.54, 1.807) is 19.2 Å². The first-order chi connectivity index (χ1) is 10.6. The number of aliphatic hydroxyl groups excluding tert-OH is 1. The quantitative estimate of drug-likeness (QED) is 0.892. The first-order valence-electron chi connectivity index (χ1n) is 7.06. The Kier molecular flexibility index (Phi) is 5.49. The third-order valence-corrected chi connectivity index (χ3v) is 3.41. The Morgan fingerprint density at radius 2 is 1.68 bits per heavy atom. The molecule has 116 valence electrons. The summed E-state index contributed by atoms with van der Waals surface area (Å²) in [6, 6.07) is 13.1. The van der Waals surface area contributed by atoms with Crippen molar-refractivity contribution in [3.8, 4) is 0 Å². The molecule has 0 radical (unpaired) electrons. The van der Waals surface area contributed by atoms with E-state index in [0.29, 0.717) is 18.7 Å². The Balaban J connectivity index is 1.82. The van der Waals surface area contributed by atoms with Crippen molar-refractivity contribution in [1.29, 1.82) is 0 Å². The lowest BCUT2D eigenvalue weighted by Gasteiger charge is -2.18. The molecule has 0 aliphatic rings. The number of hydrogen-bond acceptors (Lipinski definition) is 2. The number of carbonyl (C=O) groups excluding carboxylic acids is 1. The molecule has 0 fully saturated rings. The largest absolute Gasteiger partial charge is 0.392 e. The van der Waals surface area contributed by atoms with Crippen LogP contribution in [0.15, 0.2) is 48.5 Å². The van der Waals surface area contributed by atoms with Crippen molar-refractivity contribution < 1.29 is 14.3 Å². The van der Waals surface area contributed by atoms with Crippen LogP contribution in [0.2, 0.25) is 0 Å². The van der Waals surface area contributed by atoms with E-state index in [1.165, 1.54) is 17.0 Å². The summed E-state index contributed by atoms with van der Waals surface area (Å²) in [6.45, 7) is 0.530. The molecule has 0 saturated carbocycles. The average Bonchev–Trinajstić information content (AvgIpc) is 2.55. The predicted molar refractivity (Wildman–Crippen MR) is 84.3 cm³/mol. The molecule has 2 N–H and O–H groups in total. The molecule has 5 heteroatoms. The van der Waals surface area contributed by atoms with Crippen LogP contribution in [0, 0.1) is 5.82 Å². The molecule has 0 heterocycles. The van der Waals surface area contributed by atoms with Gasteiger partial charge in [-0.2, -0.15) is 0 Å². The van der Waals surface area contributed by atoms with Crippen LogP contribution < -0.4 is 10.2 Å². The van der Waals surface area contributed by atoms with E-state index < -0.39 is 0 Å². The highest BCUT2D eigenvalue weighted by atomic mass is 19.1. The topological polar surface area (TPSA) is 52.6 Å². The zero-order valence-electron chi connectivity index (χ0n) is 12.4. The molecule has 0 aromatic heterocycles. The van der Waals surface area contributed by atoms with Gasteiger partial charge in [-0.3, -0.25) is 4.90 Å². The number of amides is 2. The summed E-state index contributed by atoms with van der Waals surface area (Å²) in [7, 11) is 1.64. The molecule has 2 amide bonds. The summed E-state index contributed by atoms with van der Waals surface area (Å²) in [5.74, 6) is -0.330. The first-order valence-corrected chi connectivity index (χ1v) is 7.06. The zero-order valence-corrected chi connectivity index (χ0v) is 12.4. The smallest absolute Gasteiger partial charge is 0.321 e. The number of benzene rings is 2. The third-order valence-electron chi connectivity index (χ3n) is 3.41. The molecule has 0 spiro atoms. The molecule has 0 aliphatic carbocycles. The minimum atomic E-state index is -0.330. The van der Waals surface area contributed by atoms with Gasteiger partial charge in [0.25, 0.3) is 0 Å². The number of nitrogens with one attached hydrogen (secondary N) is 1. The molecule has 0 bridgehead atoms. The van der Waals surface area contributed by atoms with Crippen molar-refractivity contribution in [2.24, 2.45) is 0 Å². The van der Waals surface area contributed by atoms with Gasteiger partial charge < -0.3 is 10.4 Å². The van der Waals surface area contributed by atoms with Crippen LogP contribution in [-0.2, 0) is 13.0 Å². The third kappa shape index (κ3) is 4.30. The maximum absolute atomic E-state index is 12.9. The number of halogens is 1. The Morgan fingerprint density at radius 1 is 1.09 bits per heavy atom. The predicted octanol–water partition coefficient (Wildman–Crippen LogP) is 2.71. The van der Waals surface area contributed by atoms with Gasteiger partial charge in [0.2, 0.25) is 0 Å². The number of anilines is 1. The Morgan fingerprint density at radius 3 is 2.27 bits per heavy atom. The molecule has 2 aromatic carbocycles. The van der Waals surface area contributed by atoms with Crippen LogP contribution in [0.1, 0.15) is 11.1 Å². The van der Waals surface area contributed by atoms with E-state index in [2.05, 4.69) is 5.32 Å². The summed E-state index contributed by atoms with van der Waals surface area (Å²) in [4.78, 5) is 13.4. The summed E-state index contributed by atoms with van der Waals surface area (Å²) in [6.07, 6.45) is 0.703. The lowest BCUT2D eigenvalue weighted by Crippen LogP contribution is -2.38. The van der Waals surface area contributed by atoms with Crippen molar-refractivity contribution in [3.05, 3.63) is 65.5 Å². The van der Waals surface area contributed by atoms with E-state index >= 15 is 0 Å². The highest BCUT2D eigenvalue weighted by Crippen LogP contribution is 2.13. The van der Waals surface area contributed by atoms with E-state index in [0.717, 1.165) is 11.1 Å². The molecular formula is C17H19FN2O2. The number of nitrogens with zero attached hydrogens (tertiary/aromatic N) is 1. The van der Waals surface area contributed by atoms with Gasteiger partial charge in [0.05, 0.1) is 6.61 Å². The SMILES string of the molecule is CN(C(=O)NCCc1ccc(CO)cc1)c1ccc(F)cc1. The average molecular weight is 302 g/mol. The maximum Gasteiger partial charge on any atom is 0.321 e. The van der Waals surface area contributed by atoms with Crippen LogP contribution in [0.25, 0.3) is 0 Å². The molecule has 0 atom stereocenters. The Bertz CT molecular complexity index is 612. The number of carbonyl (C=O) groups is 1. The van der Waals surface area contributed by atoms with E-state index in [9.17, 15) is 9.18 Å². The van der Waals surface area contributed by atoms with Crippen molar-refractivity contribution in [2.45, 2.75) is 13.0 Å². The molecular weight excluding hydrogens is 283 g/mol. The second-order valence-electron chi connectivity index (χ2n) is 4.99. The van der Waals surface area contributed by atoms with Crippen LogP contribution in [0.3, 0.4) is 0 Å². The van der Waals surface area contributed by atoms with Crippen LogP contribution in [0.4, 0.5) is 14.9 Å². The standard InChI is InChI=1S/C17H19FN2O2/c1-20(16-8-6-15(18)7-9-16)17(22)19-11-10-13-2-4-14(12-21)5-3-13/h2-9,21H,10-12H2,1H3,(H,19,22). The molecule has 4 nitrogen and oxygen atoms in total. The number of aliphatic hydroxyl groups is 1. The Hall–Kier alpha value is -2.40. The van der Waals surface area contributed by atoms with E-state index in [1.807, 2.05) is 24.3 Å². The van der Waals surface area contributed by atoms with Gasteiger partial charge in [0.1, 0.15) is 5.82 Å². The number of urea groups is 1. The van der Waals surface area contributed by atoms with Crippen LogP contribution >= 0.6 is 0 Å².